The highest BCUT2D eigenvalue weighted by Gasteiger charge is 2.66. The van der Waals surface area contributed by atoms with Gasteiger partial charge in [-0.2, -0.15) is 10.2 Å². The molecular weight excluding hydrogens is 212 g/mol. The first kappa shape index (κ1) is 10.2. The fraction of sp³-hybridized carbons (Fsp3) is 0.900. The van der Waals surface area contributed by atoms with Gasteiger partial charge in [-0.25, -0.2) is 4.79 Å². The van der Waals surface area contributed by atoms with Crippen LogP contribution in [-0.4, -0.2) is 43.2 Å². The van der Waals surface area contributed by atoms with Crippen molar-refractivity contribution in [3.63, 3.8) is 0 Å². The van der Waals surface area contributed by atoms with E-state index >= 15 is 0 Å². The molecule has 6 nitrogen and oxygen atoms in total. The van der Waals surface area contributed by atoms with Gasteiger partial charge in [0.2, 0.25) is 0 Å². The van der Waals surface area contributed by atoms with Crippen LogP contribution in [0.25, 0.3) is 0 Å². The third-order valence-electron chi connectivity index (χ3n) is 4.12. The quantitative estimate of drug-likeness (QED) is 0.636. The van der Waals surface area contributed by atoms with Crippen LogP contribution in [0.15, 0.2) is 10.2 Å². The molecule has 2 heterocycles. The molecule has 3 aliphatic rings. The zero-order valence-corrected chi connectivity index (χ0v) is 9.00. The van der Waals surface area contributed by atoms with Gasteiger partial charge in [-0.1, -0.05) is 0 Å². The number of rotatable bonds is 1. The van der Waals surface area contributed by atoms with Crippen molar-refractivity contribution >= 4 is 5.97 Å². The molecule has 0 bridgehead atoms. The van der Waals surface area contributed by atoms with Crippen molar-refractivity contribution in [1.29, 1.82) is 0 Å². The Morgan fingerprint density at radius 2 is 2.44 bits per heavy atom. The maximum absolute atomic E-state index is 12.0. The Balaban J connectivity index is 2.00. The first-order chi connectivity index (χ1) is 7.70. The fourth-order valence-corrected chi connectivity index (χ4v) is 3.34. The average molecular weight is 226 g/mol. The molecule has 6 heteroatoms. The van der Waals surface area contributed by atoms with Gasteiger partial charge in [0.1, 0.15) is 0 Å². The summed E-state index contributed by atoms with van der Waals surface area (Å²) in [6.45, 7) is 0.908. The van der Waals surface area contributed by atoms with Crippen LogP contribution in [0, 0.1) is 17.8 Å². The second-order valence-corrected chi connectivity index (χ2v) is 4.67. The molecule has 0 spiro atoms. The smallest absolute Gasteiger partial charge is 0.336 e. The number of azo groups is 1. The fourth-order valence-electron chi connectivity index (χ4n) is 3.34. The van der Waals surface area contributed by atoms with Gasteiger partial charge in [0, 0.05) is 17.8 Å². The maximum Gasteiger partial charge on any atom is 0.336 e. The zero-order chi connectivity index (χ0) is 11.3. The number of esters is 1. The second-order valence-electron chi connectivity index (χ2n) is 4.67. The predicted molar refractivity (Wildman–Crippen MR) is 51.5 cm³/mol. The molecule has 0 radical (unpaired) electrons. The molecule has 1 saturated heterocycles. The van der Waals surface area contributed by atoms with Gasteiger partial charge < -0.3 is 14.6 Å². The topological polar surface area (TPSA) is 80.5 Å². The highest BCUT2D eigenvalue weighted by atomic mass is 16.6. The minimum absolute atomic E-state index is 0.0108. The van der Waals surface area contributed by atoms with Gasteiger partial charge in [0.05, 0.1) is 20.3 Å². The summed E-state index contributed by atoms with van der Waals surface area (Å²) >= 11 is 0. The summed E-state index contributed by atoms with van der Waals surface area (Å²) in [4.78, 5) is 12.0. The zero-order valence-electron chi connectivity index (χ0n) is 9.00. The number of methoxy groups -OCH3 is 1. The third kappa shape index (κ3) is 1.01. The van der Waals surface area contributed by atoms with E-state index in [0.717, 1.165) is 6.42 Å². The van der Waals surface area contributed by atoms with Gasteiger partial charge in [0.15, 0.2) is 11.8 Å². The van der Waals surface area contributed by atoms with Crippen LogP contribution in [0.5, 0.6) is 0 Å². The van der Waals surface area contributed by atoms with Gasteiger partial charge in [-0.05, 0) is 6.42 Å². The number of fused-ring (bicyclic) bond motifs is 3. The van der Waals surface area contributed by atoms with Gasteiger partial charge in [-0.15, -0.1) is 0 Å². The summed E-state index contributed by atoms with van der Waals surface area (Å²) in [7, 11) is 1.36. The van der Waals surface area contributed by atoms with Crippen LogP contribution in [-0.2, 0) is 14.3 Å². The van der Waals surface area contributed by atoms with E-state index < -0.39 is 11.8 Å². The van der Waals surface area contributed by atoms with E-state index in [2.05, 4.69) is 10.2 Å². The molecule has 3 rings (SSSR count). The number of ether oxygens (including phenoxy) is 2. The van der Waals surface area contributed by atoms with Crippen LogP contribution >= 0.6 is 0 Å². The molecule has 0 amide bonds. The first-order valence-corrected chi connectivity index (χ1v) is 5.47. The van der Waals surface area contributed by atoms with E-state index in [1.807, 2.05) is 0 Å². The number of aliphatic hydroxyl groups is 1. The maximum atomic E-state index is 12.0. The largest absolute Gasteiger partial charge is 0.467 e. The lowest BCUT2D eigenvalue weighted by atomic mass is 9.81. The Kier molecular flexibility index (Phi) is 2.06. The highest BCUT2D eigenvalue weighted by Crippen LogP contribution is 2.54. The molecule has 0 aromatic carbocycles. The van der Waals surface area contributed by atoms with E-state index in [1.165, 1.54) is 7.11 Å². The van der Waals surface area contributed by atoms with Crippen LogP contribution in [0.4, 0.5) is 0 Å². The SMILES string of the molecule is COC(=O)[C@@]12N=NC[C@@H]1C[C@@H]1[C@@H](O)OC[C@@H]12. The van der Waals surface area contributed by atoms with Crippen LogP contribution < -0.4 is 0 Å². The van der Waals surface area contributed by atoms with Crippen LogP contribution in [0.3, 0.4) is 0 Å². The summed E-state index contributed by atoms with van der Waals surface area (Å²) in [5.41, 5.74) is -0.892. The summed E-state index contributed by atoms with van der Waals surface area (Å²) in [6.07, 6.45) is -0.0409. The van der Waals surface area contributed by atoms with Crippen molar-refractivity contribution in [3.05, 3.63) is 0 Å². The molecule has 0 aromatic rings. The Morgan fingerprint density at radius 3 is 3.19 bits per heavy atom. The number of carbonyl (C=O) groups is 1. The standard InChI is InChI=1S/C10H14N2O4/c1-15-9(14)10-5(3-11-12-10)2-6-7(10)4-16-8(6)13/h5-8,13H,2-4H2,1H3/t5-,6-,7-,8-,10+/m0/s1. The van der Waals surface area contributed by atoms with Crippen molar-refractivity contribution in [2.75, 3.05) is 20.3 Å². The van der Waals surface area contributed by atoms with Gasteiger partial charge in [-0.3, -0.25) is 0 Å². The van der Waals surface area contributed by atoms with Crippen molar-refractivity contribution < 1.29 is 19.4 Å². The minimum atomic E-state index is -0.892. The second kappa shape index (κ2) is 3.24. The molecule has 1 saturated carbocycles. The molecule has 2 aliphatic heterocycles. The van der Waals surface area contributed by atoms with Crippen LogP contribution in [0.1, 0.15) is 6.42 Å². The molecular formula is C10H14N2O4. The van der Waals surface area contributed by atoms with Crippen LogP contribution in [0.2, 0.25) is 0 Å². The molecule has 1 aliphatic carbocycles. The Hall–Kier alpha value is -1.01. The highest BCUT2D eigenvalue weighted by molar-refractivity contribution is 5.83. The lowest BCUT2D eigenvalue weighted by Gasteiger charge is -2.26. The Morgan fingerprint density at radius 1 is 1.62 bits per heavy atom. The van der Waals surface area contributed by atoms with E-state index in [9.17, 15) is 9.90 Å². The van der Waals surface area contributed by atoms with E-state index in [1.54, 1.807) is 0 Å². The molecule has 0 unspecified atom stereocenters. The molecule has 1 N–H and O–H groups in total. The first-order valence-electron chi connectivity index (χ1n) is 5.47. The molecule has 2 fully saturated rings. The lowest BCUT2D eigenvalue weighted by Crippen LogP contribution is -2.46. The summed E-state index contributed by atoms with van der Waals surface area (Å²) in [5, 5.41) is 17.8. The summed E-state index contributed by atoms with van der Waals surface area (Å²) in [5.74, 6) is -0.382. The predicted octanol–water partition coefficient (Wildman–Crippen LogP) is -0.0351. The number of hydrogen-bond donors (Lipinski definition) is 1. The number of carbonyl (C=O) groups excluding carboxylic acids is 1. The van der Waals surface area contributed by atoms with Gasteiger partial charge in [0.25, 0.3) is 0 Å². The average Bonchev–Trinajstić information content (AvgIpc) is 2.90. The van der Waals surface area contributed by atoms with Gasteiger partial charge >= 0.3 is 5.97 Å². The van der Waals surface area contributed by atoms with Crippen molar-refractivity contribution in [2.24, 2.45) is 28.0 Å². The monoisotopic (exact) mass is 226 g/mol. The molecule has 5 atom stereocenters. The van der Waals surface area contributed by atoms with E-state index in [0.29, 0.717) is 13.2 Å². The number of nitrogens with zero attached hydrogens (tertiary/aromatic N) is 2. The molecule has 16 heavy (non-hydrogen) atoms. The lowest BCUT2D eigenvalue weighted by molar-refractivity contribution is -0.150. The van der Waals surface area contributed by atoms with E-state index in [4.69, 9.17) is 9.47 Å². The molecule has 88 valence electrons. The Bertz CT molecular complexity index is 359. The summed E-state index contributed by atoms with van der Waals surface area (Å²) < 4.78 is 10.0. The van der Waals surface area contributed by atoms with Crippen molar-refractivity contribution in [1.82, 2.24) is 0 Å². The minimum Gasteiger partial charge on any atom is -0.467 e. The summed E-state index contributed by atoms with van der Waals surface area (Å²) in [6, 6.07) is 0. The van der Waals surface area contributed by atoms with Crippen molar-refractivity contribution in [2.45, 2.75) is 18.2 Å². The normalized spacial score (nSPS) is 49.1. The Labute approximate surface area is 92.6 Å². The van der Waals surface area contributed by atoms with E-state index in [-0.39, 0.29) is 23.7 Å². The molecule has 0 aromatic heterocycles. The number of aliphatic hydroxyl groups excluding tert-OH is 1. The number of hydrogen-bond acceptors (Lipinski definition) is 6. The van der Waals surface area contributed by atoms with Crippen molar-refractivity contribution in [3.8, 4) is 0 Å². The third-order valence-corrected chi connectivity index (χ3v) is 4.12.